The first kappa shape index (κ1) is 16.3. The van der Waals surface area contributed by atoms with Crippen molar-refractivity contribution < 1.29 is 22.7 Å². The average molecular weight is 338 g/mol. The van der Waals surface area contributed by atoms with Gasteiger partial charge in [-0.15, -0.1) is 0 Å². The van der Waals surface area contributed by atoms with Crippen molar-refractivity contribution in [3.8, 4) is 0 Å². The molecule has 11 heteroatoms. The van der Waals surface area contributed by atoms with Gasteiger partial charge in [-0.1, -0.05) is 11.6 Å². The molecule has 0 spiro atoms. The standard InChI is InChI=1S/C11H11ClF3N5O2/c1-19-4-8(12)9(18-19)10(21)17-7-2-16-20(3-7)6-22-5-11(13,14)15/h2-4H,5-6H2,1H3,(H,17,21). The minimum atomic E-state index is -4.40. The first-order valence-electron chi connectivity index (χ1n) is 5.92. The van der Waals surface area contributed by atoms with E-state index in [2.05, 4.69) is 20.3 Å². The SMILES string of the molecule is Cn1cc(Cl)c(C(=O)Nc2cnn(COCC(F)(F)F)c2)n1. The van der Waals surface area contributed by atoms with Crippen LogP contribution in [0, 0.1) is 0 Å². The molecule has 22 heavy (non-hydrogen) atoms. The van der Waals surface area contributed by atoms with E-state index in [4.69, 9.17) is 11.6 Å². The molecule has 0 unspecified atom stereocenters. The molecule has 2 aromatic heterocycles. The third-order valence-corrected chi connectivity index (χ3v) is 2.66. The lowest BCUT2D eigenvalue weighted by Crippen LogP contribution is -2.18. The van der Waals surface area contributed by atoms with E-state index in [0.29, 0.717) is 0 Å². The van der Waals surface area contributed by atoms with Crippen LogP contribution in [0.25, 0.3) is 0 Å². The van der Waals surface area contributed by atoms with Crippen LogP contribution in [0.2, 0.25) is 5.02 Å². The predicted molar refractivity (Wildman–Crippen MR) is 70.4 cm³/mol. The number of ether oxygens (including phenoxy) is 1. The van der Waals surface area contributed by atoms with E-state index < -0.39 is 18.7 Å². The van der Waals surface area contributed by atoms with Crippen LogP contribution in [0.4, 0.5) is 18.9 Å². The van der Waals surface area contributed by atoms with Crippen molar-refractivity contribution in [3.05, 3.63) is 29.3 Å². The van der Waals surface area contributed by atoms with Crippen LogP contribution in [0.1, 0.15) is 10.5 Å². The van der Waals surface area contributed by atoms with Gasteiger partial charge in [0.2, 0.25) is 0 Å². The van der Waals surface area contributed by atoms with Gasteiger partial charge in [-0.05, 0) is 0 Å². The van der Waals surface area contributed by atoms with Gasteiger partial charge in [0, 0.05) is 13.2 Å². The molecule has 1 N–H and O–H groups in total. The summed E-state index contributed by atoms with van der Waals surface area (Å²) in [6.07, 6.45) is -0.346. The van der Waals surface area contributed by atoms with Crippen LogP contribution in [0.3, 0.4) is 0 Å². The Labute approximate surface area is 127 Å². The summed E-state index contributed by atoms with van der Waals surface area (Å²) in [5.74, 6) is -0.554. The molecule has 120 valence electrons. The summed E-state index contributed by atoms with van der Waals surface area (Å²) in [6, 6.07) is 0. The molecule has 0 radical (unpaired) electrons. The fourth-order valence-corrected chi connectivity index (χ4v) is 1.82. The second-order valence-corrected chi connectivity index (χ2v) is 4.72. The zero-order valence-corrected chi connectivity index (χ0v) is 12.0. The maximum absolute atomic E-state index is 11.9. The maximum Gasteiger partial charge on any atom is 0.411 e. The lowest BCUT2D eigenvalue weighted by Gasteiger charge is -2.07. The van der Waals surface area contributed by atoms with E-state index in [1.54, 1.807) is 7.05 Å². The number of halogens is 4. The summed E-state index contributed by atoms with van der Waals surface area (Å²) < 4.78 is 42.7. The molecule has 2 rings (SSSR count). The Morgan fingerprint density at radius 3 is 2.77 bits per heavy atom. The van der Waals surface area contributed by atoms with Crippen LogP contribution in [-0.2, 0) is 18.5 Å². The molecule has 0 bridgehead atoms. The van der Waals surface area contributed by atoms with Gasteiger partial charge in [-0.3, -0.25) is 9.48 Å². The summed E-state index contributed by atoms with van der Waals surface area (Å²) in [4.78, 5) is 11.9. The van der Waals surface area contributed by atoms with Gasteiger partial charge in [0.25, 0.3) is 5.91 Å². The fraction of sp³-hybridized carbons (Fsp3) is 0.364. The third-order valence-electron chi connectivity index (χ3n) is 2.38. The summed E-state index contributed by atoms with van der Waals surface area (Å²) in [5.41, 5.74) is 0.313. The first-order chi connectivity index (χ1) is 10.2. The average Bonchev–Trinajstić information content (AvgIpc) is 2.94. The maximum atomic E-state index is 11.9. The van der Waals surface area contributed by atoms with Gasteiger partial charge in [-0.25, -0.2) is 4.68 Å². The highest BCUT2D eigenvalue weighted by atomic mass is 35.5. The topological polar surface area (TPSA) is 74.0 Å². The van der Waals surface area contributed by atoms with Gasteiger partial charge in [0.1, 0.15) is 13.3 Å². The minimum absolute atomic E-state index is 0.0326. The molecular formula is C11H11ClF3N5O2. The first-order valence-corrected chi connectivity index (χ1v) is 6.30. The number of nitrogens with one attached hydrogen (secondary N) is 1. The number of alkyl halides is 3. The molecule has 7 nitrogen and oxygen atoms in total. The molecule has 0 saturated carbocycles. The van der Waals surface area contributed by atoms with Gasteiger partial charge >= 0.3 is 6.18 Å². The van der Waals surface area contributed by atoms with Crippen molar-refractivity contribution in [2.45, 2.75) is 12.9 Å². The molecule has 0 aromatic carbocycles. The van der Waals surface area contributed by atoms with E-state index in [1.165, 1.54) is 23.3 Å². The van der Waals surface area contributed by atoms with Gasteiger partial charge in [0.15, 0.2) is 5.69 Å². The Bertz CT molecular complexity index is 667. The summed E-state index contributed by atoms with van der Waals surface area (Å²) >= 11 is 5.83. The Balaban J connectivity index is 1.92. The molecule has 2 heterocycles. The number of hydrogen-bond acceptors (Lipinski definition) is 4. The monoisotopic (exact) mass is 337 g/mol. The summed E-state index contributed by atoms with van der Waals surface area (Å²) in [5, 5.41) is 10.3. The van der Waals surface area contributed by atoms with Crippen molar-refractivity contribution >= 4 is 23.2 Å². The molecule has 0 fully saturated rings. The number of aryl methyl sites for hydroxylation is 1. The molecule has 0 aliphatic carbocycles. The number of carbonyl (C=O) groups is 1. The van der Waals surface area contributed by atoms with Crippen molar-refractivity contribution in [1.29, 1.82) is 0 Å². The van der Waals surface area contributed by atoms with E-state index in [0.717, 1.165) is 4.68 Å². The molecule has 0 aliphatic rings. The number of hydrogen-bond donors (Lipinski definition) is 1. The Hall–Kier alpha value is -2.07. The Kier molecular flexibility index (Phi) is 4.71. The van der Waals surface area contributed by atoms with Crippen LogP contribution in [0.15, 0.2) is 18.6 Å². The van der Waals surface area contributed by atoms with E-state index >= 15 is 0 Å². The Morgan fingerprint density at radius 1 is 1.45 bits per heavy atom. The lowest BCUT2D eigenvalue weighted by atomic mass is 10.4. The largest absolute Gasteiger partial charge is 0.411 e. The van der Waals surface area contributed by atoms with Gasteiger partial charge in [0.05, 0.1) is 23.1 Å². The molecule has 1 amide bonds. The smallest absolute Gasteiger partial charge is 0.350 e. The highest BCUT2D eigenvalue weighted by Gasteiger charge is 2.27. The zero-order chi connectivity index (χ0) is 16.3. The quantitative estimate of drug-likeness (QED) is 0.906. The normalized spacial score (nSPS) is 11.7. The molecular weight excluding hydrogens is 327 g/mol. The second kappa shape index (κ2) is 6.36. The highest BCUT2D eigenvalue weighted by molar-refractivity contribution is 6.34. The lowest BCUT2D eigenvalue weighted by molar-refractivity contribution is -0.182. The van der Waals surface area contributed by atoms with Crippen LogP contribution in [-0.4, -0.2) is 38.3 Å². The van der Waals surface area contributed by atoms with Gasteiger partial charge in [-0.2, -0.15) is 23.4 Å². The number of carbonyl (C=O) groups excluding carboxylic acids is 1. The minimum Gasteiger partial charge on any atom is -0.350 e. The van der Waals surface area contributed by atoms with Crippen molar-refractivity contribution in [2.24, 2.45) is 7.05 Å². The Morgan fingerprint density at radius 2 is 2.18 bits per heavy atom. The van der Waals surface area contributed by atoms with Crippen LogP contribution < -0.4 is 5.32 Å². The summed E-state index contributed by atoms with van der Waals surface area (Å²) in [6.45, 7) is -1.77. The molecule has 0 aliphatic heterocycles. The number of aromatic nitrogens is 4. The number of nitrogens with zero attached hydrogens (tertiary/aromatic N) is 4. The number of rotatable bonds is 5. The van der Waals surface area contributed by atoms with Crippen molar-refractivity contribution in [1.82, 2.24) is 19.6 Å². The van der Waals surface area contributed by atoms with Crippen molar-refractivity contribution in [2.75, 3.05) is 11.9 Å². The highest BCUT2D eigenvalue weighted by Crippen LogP contribution is 2.16. The van der Waals surface area contributed by atoms with Crippen LogP contribution >= 0.6 is 11.6 Å². The predicted octanol–water partition coefficient (Wildman–Crippen LogP) is 2.06. The van der Waals surface area contributed by atoms with Gasteiger partial charge < -0.3 is 10.1 Å². The molecule has 0 atom stereocenters. The van der Waals surface area contributed by atoms with E-state index in [1.807, 2.05) is 0 Å². The number of amides is 1. The van der Waals surface area contributed by atoms with E-state index in [9.17, 15) is 18.0 Å². The number of anilines is 1. The van der Waals surface area contributed by atoms with Crippen LogP contribution in [0.5, 0.6) is 0 Å². The summed E-state index contributed by atoms with van der Waals surface area (Å²) in [7, 11) is 1.61. The molecule has 2 aromatic rings. The van der Waals surface area contributed by atoms with Crippen molar-refractivity contribution in [3.63, 3.8) is 0 Å². The van der Waals surface area contributed by atoms with E-state index in [-0.39, 0.29) is 23.1 Å². The fourth-order valence-electron chi connectivity index (χ4n) is 1.56. The molecule has 0 saturated heterocycles. The third kappa shape index (κ3) is 4.46. The zero-order valence-electron chi connectivity index (χ0n) is 11.3. The second-order valence-electron chi connectivity index (χ2n) is 4.31.